The van der Waals surface area contributed by atoms with Gasteiger partial charge in [-0.2, -0.15) is 0 Å². The van der Waals surface area contributed by atoms with Crippen LogP contribution in [-0.4, -0.2) is 9.97 Å². The Balaban J connectivity index is 1.37. The maximum absolute atomic E-state index is 5.36. The van der Waals surface area contributed by atoms with Crippen LogP contribution in [0.25, 0.3) is 88.5 Å². The lowest BCUT2D eigenvalue weighted by molar-refractivity contribution is 1.19. The standard InChI is InChI=1S/C46H30N2/c1-4-14-31(15-5-1)32-24-26-34(27-25-32)41-30-42(48-46(47-41)36-19-8-3-9-20-36)45-39-23-13-12-22-38(39)43(35-17-6-2-7-18-35)40-29-28-33-16-10-11-21-37(33)44(40)45/h1-30H. The minimum Gasteiger partial charge on any atom is -0.228 e. The van der Waals surface area contributed by atoms with Crippen molar-refractivity contribution >= 4 is 32.3 Å². The van der Waals surface area contributed by atoms with Crippen LogP contribution in [0.2, 0.25) is 0 Å². The number of hydrogen-bond donors (Lipinski definition) is 0. The van der Waals surface area contributed by atoms with Gasteiger partial charge in [-0.3, -0.25) is 0 Å². The first-order valence-electron chi connectivity index (χ1n) is 16.3. The maximum Gasteiger partial charge on any atom is 0.160 e. The molecule has 0 saturated heterocycles. The first-order valence-corrected chi connectivity index (χ1v) is 16.3. The van der Waals surface area contributed by atoms with Crippen molar-refractivity contribution in [2.24, 2.45) is 0 Å². The van der Waals surface area contributed by atoms with E-state index in [9.17, 15) is 0 Å². The van der Waals surface area contributed by atoms with Crippen LogP contribution in [0.15, 0.2) is 182 Å². The van der Waals surface area contributed by atoms with Crippen LogP contribution >= 0.6 is 0 Å². The van der Waals surface area contributed by atoms with Gasteiger partial charge >= 0.3 is 0 Å². The highest BCUT2D eigenvalue weighted by atomic mass is 14.9. The lowest BCUT2D eigenvalue weighted by atomic mass is 9.85. The van der Waals surface area contributed by atoms with Gasteiger partial charge in [0, 0.05) is 22.1 Å². The van der Waals surface area contributed by atoms with E-state index in [0.717, 1.165) is 28.1 Å². The van der Waals surface area contributed by atoms with Crippen LogP contribution in [0.1, 0.15) is 0 Å². The van der Waals surface area contributed by atoms with E-state index in [1.807, 2.05) is 24.3 Å². The van der Waals surface area contributed by atoms with Gasteiger partial charge in [0.2, 0.25) is 0 Å². The van der Waals surface area contributed by atoms with E-state index < -0.39 is 0 Å². The summed E-state index contributed by atoms with van der Waals surface area (Å²) in [5, 5.41) is 7.20. The van der Waals surface area contributed by atoms with Gasteiger partial charge in [0.15, 0.2) is 5.82 Å². The van der Waals surface area contributed by atoms with Gasteiger partial charge < -0.3 is 0 Å². The molecule has 0 radical (unpaired) electrons. The molecule has 0 aliphatic carbocycles. The molecular weight excluding hydrogens is 581 g/mol. The molecule has 0 spiro atoms. The Hall–Kier alpha value is -6.38. The third-order valence-corrected chi connectivity index (χ3v) is 9.28. The lowest BCUT2D eigenvalue weighted by Gasteiger charge is -2.19. The van der Waals surface area contributed by atoms with E-state index in [-0.39, 0.29) is 0 Å². The molecule has 0 bridgehead atoms. The molecule has 9 aromatic rings. The number of nitrogens with zero attached hydrogens (tertiary/aromatic N) is 2. The van der Waals surface area contributed by atoms with Crippen molar-refractivity contribution < 1.29 is 0 Å². The van der Waals surface area contributed by atoms with Crippen LogP contribution < -0.4 is 0 Å². The summed E-state index contributed by atoms with van der Waals surface area (Å²) in [6.07, 6.45) is 0. The number of rotatable bonds is 5. The average Bonchev–Trinajstić information content (AvgIpc) is 3.17. The molecule has 0 aliphatic rings. The van der Waals surface area contributed by atoms with Gasteiger partial charge in [-0.25, -0.2) is 9.97 Å². The maximum atomic E-state index is 5.36. The minimum atomic E-state index is 0.708. The first-order chi connectivity index (χ1) is 23.8. The monoisotopic (exact) mass is 610 g/mol. The van der Waals surface area contributed by atoms with Crippen molar-refractivity contribution in [1.29, 1.82) is 0 Å². The minimum absolute atomic E-state index is 0.708. The Morgan fingerprint density at radius 3 is 1.48 bits per heavy atom. The summed E-state index contributed by atoms with van der Waals surface area (Å²) in [6, 6.07) is 64.4. The SMILES string of the molecule is c1ccc(-c2ccc(-c3cc(-c4c5ccccc5c(-c5ccccc5)c5ccc6ccccc6c45)nc(-c4ccccc4)n3)cc2)cc1. The third kappa shape index (κ3) is 4.83. The van der Waals surface area contributed by atoms with Crippen LogP contribution in [0, 0.1) is 0 Å². The van der Waals surface area contributed by atoms with Gasteiger partial charge in [0.25, 0.3) is 0 Å². The van der Waals surface area contributed by atoms with E-state index in [4.69, 9.17) is 9.97 Å². The second kappa shape index (κ2) is 11.8. The number of aromatic nitrogens is 2. The Bertz CT molecular complexity index is 2570. The van der Waals surface area contributed by atoms with E-state index in [1.54, 1.807) is 0 Å². The van der Waals surface area contributed by atoms with E-state index in [0.29, 0.717) is 5.82 Å². The Labute approximate surface area is 279 Å². The summed E-state index contributed by atoms with van der Waals surface area (Å²) in [6.45, 7) is 0. The molecule has 0 saturated carbocycles. The molecule has 1 aromatic heterocycles. The Morgan fingerprint density at radius 1 is 0.292 bits per heavy atom. The van der Waals surface area contributed by atoms with Gasteiger partial charge in [-0.15, -0.1) is 0 Å². The predicted molar refractivity (Wildman–Crippen MR) is 202 cm³/mol. The number of fused-ring (bicyclic) bond motifs is 4. The second-order valence-corrected chi connectivity index (χ2v) is 12.1. The lowest BCUT2D eigenvalue weighted by Crippen LogP contribution is -1.98. The average molecular weight is 611 g/mol. The highest BCUT2D eigenvalue weighted by molar-refractivity contribution is 6.27. The summed E-state index contributed by atoms with van der Waals surface area (Å²) in [7, 11) is 0. The molecule has 0 fully saturated rings. The quantitative estimate of drug-likeness (QED) is 0.143. The van der Waals surface area contributed by atoms with Crippen molar-refractivity contribution in [3.63, 3.8) is 0 Å². The molecule has 8 aromatic carbocycles. The molecule has 224 valence electrons. The van der Waals surface area contributed by atoms with Crippen molar-refractivity contribution in [2.45, 2.75) is 0 Å². The fourth-order valence-electron chi connectivity index (χ4n) is 7.03. The summed E-state index contributed by atoms with van der Waals surface area (Å²) >= 11 is 0. The molecular formula is C46H30N2. The summed E-state index contributed by atoms with van der Waals surface area (Å²) in [4.78, 5) is 10.5. The predicted octanol–water partition coefficient (Wildman–Crippen LogP) is 12.3. The molecule has 1 heterocycles. The molecule has 2 heteroatoms. The Morgan fingerprint density at radius 2 is 0.792 bits per heavy atom. The molecule has 0 unspecified atom stereocenters. The summed E-state index contributed by atoms with van der Waals surface area (Å²) in [5.74, 6) is 0.708. The number of benzene rings is 8. The van der Waals surface area contributed by atoms with Gasteiger partial charge in [0.05, 0.1) is 11.4 Å². The summed E-state index contributed by atoms with van der Waals surface area (Å²) < 4.78 is 0. The molecule has 0 atom stereocenters. The molecule has 0 aliphatic heterocycles. The van der Waals surface area contributed by atoms with Crippen LogP contribution in [-0.2, 0) is 0 Å². The zero-order valence-electron chi connectivity index (χ0n) is 26.2. The second-order valence-electron chi connectivity index (χ2n) is 12.1. The van der Waals surface area contributed by atoms with Crippen molar-refractivity contribution in [1.82, 2.24) is 9.97 Å². The molecule has 2 nitrogen and oxygen atoms in total. The zero-order chi connectivity index (χ0) is 31.9. The van der Waals surface area contributed by atoms with Crippen LogP contribution in [0.3, 0.4) is 0 Å². The molecule has 0 N–H and O–H groups in total. The van der Waals surface area contributed by atoms with Gasteiger partial charge in [-0.05, 0) is 55.3 Å². The largest absolute Gasteiger partial charge is 0.228 e. The number of hydrogen-bond acceptors (Lipinski definition) is 2. The van der Waals surface area contributed by atoms with E-state index in [2.05, 4.69) is 158 Å². The van der Waals surface area contributed by atoms with Crippen LogP contribution in [0.4, 0.5) is 0 Å². The van der Waals surface area contributed by atoms with Crippen molar-refractivity contribution in [3.8, 4) is 56.2 Å². The third-order valence-electron chi connectivity index (χ3n) is 9.28. The normalized spacial score (nSPS) is 11.3. The van der Waals surface area contributed by atoms with Gasteiger partial charge in [-0.1, -0.05) is 176 Å². The highest BCUT2D eigenvalue weighted by Gasteiger charge is 2.21. The topological polar surface area (TPSA) is 25.8 Å². The molecule has 48 heavy (non-hydrogen) atoms. The Kier molecular flexibility index (Phi) is 6.84. The van der Waals surface area contributed by atoms with Gasteiger partial charge in [0.1, 0.15) is 0 Å². The fraction of sp³-hybridized carbons (Fsp3) is 0. The highest BCUT2D eigenvalue weighted by Crippen LogP contribution is 2.46. The zero-order valence-corrected chi connectivity index (χ0v) is 26.2. The first kappa shape index (κ1) is 27.9. The van der Waals surface area contributed by atoms with Crippen molar-refractivity contribution in [2.75, 3.05) is 0 Å². The van der Waals surface area contributed by atoms with E-state index in [1.165, 1.54) is 54.6 Å². The van der Waals surface area contributed by atoms with Crippen LogP contribution in [0.5, 0.6) is 0 Å². The summed E-state index contributed by atoms with van der Waals surface area (Å²) in [5.41, 5.74) is 9.77. The smallest absolute Gasteiger partial charge is 0.160 e. The van der Waals surface area contributed by atoms with Crippen molar-refractivity contribution in [3.05, 3.63) is 182 Å². The molecule has 9 rings (SSSR count). The molecule has 0 amide bonds. The fourth-order valence-corrected chi connectivity index (χ4v) is 7.03. The van der Waals surface area contributed by atoms with E-state index >= 15 is 0 Å².